The van der Waals surface area contributed by atoms with E-state index in [0.29, 0.717) is 5.56 Å². The van der Waals surface area contributed by atoms with Crippen LogP contribution < -0.4 is 5.32 Å². The fourth-order valence-electron chi connectivity index (χ4n) is 3.04. The topological polar surface area (TPSA) is 59.3 Å². The molecule has 0 amide bonds. The highest BCUT2D eigenvalue weighted by Gasteiger charge is 2.36. The Morgan fingerprint density at radius 3 is 2.48 bits per heavy atom. The van der Waals surface area contributed by atoms with Gasteiger partial charge in [-0.25, -0.2) is 0 Å². The molecule has 21 heavy (non-hydrogen) atoms. The molecule has 0 aromatic heterocycles. The van der Waals surface area contributed by atoms with Gasteiger partial charge in [-0.3, -0.25) is 4.90 Å². The second kappa shape index (κ2) is 6.35. The molecule has 0 aliphatic carbocycles. The summed E-state index contributed by atoms with van der Waals surface area (Å²) in [6.45, 7) is 10.3. The summed E-state index contributed by atoms with van der Waals surface area (Å²) >= 11 is 3.56. The number of benzene rings is 1. The third kappa shape index (κ3) is 3.39. The van der Waals surface area contributed by atoms with Crippen LogP contribution in [0.1, 0.15) is 37.9 Å². The van der Waals surface area contributed by atoms with Crippen LogP contribution in [0.15, 0.2) is 16.6 Å². The maximum atomic E-state index is 10.5. The molecule has 1 aliphatic heterocycles. The quantitative estimate of drug-likeness (QED) is 0.859. The van der Waals surface area contributed by atoms with Gasteiger partial charge in [0.05, 0.1) is 5.56 Å². The number of nitrogens with zero attached hydrogens (tertiary/aromatic N) is 2. The van der Waals surface area contributed by atoms with Gasteiger partial charge in [0.25, 0.3) is 0 Å². The van der Waals surface area contributed by atoms with Gasteiger partial charge in [-0.2, -0.15) is 5.26 Å². The Morgan fingerprint density at radius 1 is 1.33 bits per heavy atom. The largest absolute Gasteiger partial charge is 0.506 e. The summed E-state index contributed by atoms with van der Waals surface area (Å²) in [4.78, 5) is 2.39. The van der Waals surface area contributed by atoms with Gasteiger partial charge >= 0.3 is 0 Å². The molecule has 4 nitrogen and oxygen atoms in total. The van der Waals surface area contributed by atoms with Crippen molar-refractivity contribution in [2.24, 2.45) is 5.41 Å². The molecular weight excluding hydrogens is 330 g/mol. The summed E-state index contributed by atoms with van der Waals surface area (Å²) in [5.41, 5.74) is 1.10. The molecule has 2 N–H and O–H groups in total. The van der Waals surface area contributed by atoms with E-state index in [1.165, 1.54) is 0 Å². The molecule has 1 saturated heterocycles. The lowest BCUT2D eigenvalue weighted by Crippen LogP contribution is -2.48. The van der Waals surface area contributed by atoms with Crippen molar-refractivity contribution in [1.82, 2.24) is 10.2 Å². The molecule has 114 valence electrons. The molecule has 0 radical (unpaired) electrons. The van der Waals surface area contributed by atoms with Crippen LogP contribution >= 0.6 is 15.9 Å². The SMILES string of the molecule is CC(C)(C)[C@H](c1c(Br)ccc(C#N)c1O)N1CCNCC1. The first kappa shape index (κ1) is 16.3. The van der Waals surface area contributed by atoms with Gasteiger partial charge in [0.15, 0.2) is 0 Å². The van der Waals surface area contributed by atoms with Crippen LogP contribution in [0.2, 0.25) is 0 Å². The molecule has 0 saturated carbocycles. The highest BCUT2D eigenvalue weighted by Crippen LogP contribution is 2.45. The molecule has 1 aromatic rings. The van der Waals surface area contributed by atoms with Crippen LogP contribution in [0.5, 0.6) is 5.75 Å². The Balaban J connectivity index is 2.54. The average molecular weight is 352 g/mol. The van der Waals surface area contributed by atoms with Crippen LogP contribution in [0.25, 0.3) is 0 Å². The first-order valence-electron chi connectivity index (χ1n) is 7.22. The molecule has 1 aliphatic rings. The fraction of sp³-hybridized carbons (Fsp3) is 0.562. The monoisotopic (exact) mass is 351 g/mol. The molecule has 2 rings (SSSR count). The third-order valence-corrected chi connectivity index (χ3v) is 4.59. The Labute approximate surface area is 134 Å². The van der Waals surface area contributed by atoms with Crippen molar-refractivity contribution in [2.75, 3.05) is 26.2 Å². The molecule has 5 heteroatoms. The van der Waals surface area contributed by atoms with Crippen molar-refractivity contribution in [3.8, 4) is 11.8 Å². The molecule has 1 fully saturated rings. The zero-order valence-electron chi connectivity index (χ0n) is 12.8. The minimum Gasteiger partial charge on any atom is -0.506 e. The van der Waals surface area contributed by atoms with Crippen molar-refractivity contribution in [3.05, 3.63) is 27.7 Å². The predicted octanol–water partition coefficient (Wildman–Crippen LogP) is 3.02. The second-order valence-corrected chi connectivity index (χ2v) is 7.38. The van der Waals surface area contributed by atoms with Crippen molar-refractivity contribution >= 4 is 15.9 Å². The minimum absolute atomic E-state index is 0.0502. The van der Waals surface area contributed by atoms with Crippen molar-refractivity contribution in [1.29, 1.82) is 5.26 Å². The standard InChI is InChI=1S/C16H22BrN3O/c1-16(2,3)15(20-8-6-19-7-9-20)13-12(17)5-4-11(10-18)14(13)21/h4-5,15,19,21H,6-9H2,1-3H3/t15-/m0/s1. The lowest BCUT2D eigenvalue weighted by atomic mass is 9.80. The van der Waals surface area contributed by atoms with Crippen LogP contribution in [-0.2, 0) is 0 Å². The van der Waals surface area contributed by atoms with E-state index in [9.17, 15) is 10.4 Å². The van der Waals surface area contributed by atoms with Gasteiger partial charge in [-0.05, 0) is 17.5 Å². The maximum Gasteiger partial charge on any atom is 0.139 e. The zero-order chi connectivity index (χ0) is 15.6. The van der Waals surface area contributed by atoms with Gasteiger partial charge in [-0.1, -0.05) is 36.7 Å². The normalized spacial score (nSPS) is 18.2. The number of hydrogen-bond donors (Lipinski definition) is 2. The molecule has 0 unspecified atom stereocenters. The zero-order valence-corrected chi connectivity index (χ0v) is 14.4. The smallest absolute Gasteiger partial charge is 0.139 e. The summed E-state index contributed by atoms with van der Waals surface area (Å²) in [7, 11) is 0. The summed E-state index contributed by atoms with van der Waals surface area (Å²) in [6.07, 6.45) is 0. The summed E-state index contributed by atoms with van der Waals surface area (Å²) < 4.78 is 0.859. The highest BCUT2D eigenvalue weighted by atomic mass is 79.9. The lowest BCUT2D eigenvalue weighted by molar-refractivity contribution is 0.0837. The molecule has 0 spiro atoms. The van der Waals surface area contributed by atoms with E-state index in [2.05, 4.69) is 53.0 Å². The van der Waals surface area contributed by atoms with E-state index >= 15 is 0 Å². The Morgan fingerprint density at radius 2 is 1.95 bits per heavy atom. The number of nitriles is 1. The maximum absolute atomic E-state index is 10.5. The van der Waals surface area contributed by atoms with E-state index < -0.39 is 0 Å². The van der Waals surface area contributed by atoms with E-state index in [0.717, 1.165) is 36.2 Å². The molecule has 1 heterocycles. The van der Waals surface area contributed by atoms with E-state index in [4.69, 9.17) is 0 Å². The van der Waals surface area contributed by atoms with Gasteiger partial charge < -0.3 is 10.4 Å². The number of nitrogens with one attached hydrogen (secondary N) is 1. The van der Waals surface area contributed by atoms with Crippen molar-refractivity contribution in [3.63, 3.8) is 0 Å². The molecule has 0 bridgehead atoms. The van der Waals surface area contributed by atoms with Gasteiger partial charge in [-0.15, -0.1) is 0 Å². The third-order valence-electron chi connectivity index (χ3n) is 3.89. The lowest BCUT2D eigenvalue weighted by Gasteiger charge is -2.43. The van der Waals surface area contributed by atoms with Crippen LogP contribution in [0.4, 0.5) is 0 Å². The van der Waals surface area contributed by atoms with Crippen LogP contribution in [0, 0.1) is 16.7 Å². The van der Waals surface area contributed by atoms with Gasteiger partial charge in [0, 0.05) is 42.3 Å². The van der Waals surface area contributed by atoms with E-state index in [1.54, 1.807) is 6.07 Å². The van der Waals surface area contributed by atoms with Crippen LogP contribution in [-0.4, -0.2) is 36.2 Å². The summed E-state index contributed by atoms with van der Waals surface area (Å²) in [6, 6.07) is 5.64. The van der Waals surface area contributed by atoms with Crippen molar-refractivity contribution < 1.29 is 5.11 Å². The number of hydrogen-bond acceptors (Lipinski definition) is 4. The number of halogens is 1. The number of rotatable bonds is 2. The number of phenolic OH excluding ortho intramolecular Hbond substituents is 1. The minimum atomic E-state index is -0.0502. The fourth-order valence-corrected chi connectivity index (χ4v) is 3.57. The highest BCUT2D eigenvalue weighted by molar-refractivity contribution is 9.10. The molecule has 1 atom stereocenters. The average Bonchev–Trinajstić information content (AvgIpc) is 2.43. The Kier molecular flexibility index (Phi) is 4.92. The number of piperazine rings is 1. The second-order valence-electron chi connectivity index (χ2n) is 6.52. The Hall–Kier alpha value is -1.09. The molecule has 1 aromatic carbocycles. The predicted molar refractivity (Wildman–Crippen MR) is 87.2 cm³/mol. The van der Waals surface area contributed by atoms with E-state index in [1.807, 2.05) is 6.07 Å². The van der Waals surface area contributed by atoms with Gasteiger partial charge in [0.2, 0.25) is 0 Å². The van der Waals surface area contributed by atoms with Crippen molar-refractivity contribution in [2.45, 2.75) is 26.8 Å². The summed E-state index contributed by atoms with van der Waals surface area (Å²) in [5, 5.41) is 23.1. The van der Waals surface area contributed by atoms with Crippen LogP contribution in [0.3, 0.4) is 0 Å². The van der Waals surface area contributed by atoms with Gasteiger partial charge in [0.1, 0.15) is 11.8 Å². The molecular formula is C16H22BrN3O. The Bertz CT molecular complexity index is 554. The first-order chi connectivity index (χ1) is 9.86. The number of phenols is 1. The van der Waals surface area contributed by atoms with E-state index in [-0.39, 0.29) is 17.2 Å². The number of aromatic hydroxyl groups is 1. The first-order valence-corrected chi connectivity index (χ1v) is 8.01. The summed E-state index contributed by atoms with van der Waals surface area (Å²) in [5.74, 6) is 0.102.